The minimum atomic E-state index is -0.151. The Kier molecular flexibility index (Phi) is 4.34. The van der Waals surface area contributed by atoms with E-state index < -0.39 is 0 Å². The Labute approximate surface area is 88.2 Å². The van der Waals surface area contributed by atoms with Gasteiger partial charge in [-0.25, -0.2) is 0 Å². The Morgan fingerprint density at radius 1 is 1.47 bits per heavy atom. The van der Waals surface area contributed by atoms with Crippen LogP contribution in [0.25, 0.3) is 0 Å². The first-order valence-electron chi connectivity index (χ1n) is 4.67. The highest BCUT2D eigenvalue weighted by atomic mass is 16.5. The lowest BCUT2D eigenvalue weighted by atomic mass is 10.3. The first-order valence-corrected chi connectivity index (χ1v) is 4.67. The smallest absolute Gasteiger partial charge is 0.221 e. The van der Waals surface area contributed by atoms with E-state index >= 15 is 0 Å². The molecule has 1 N–H and O–H groups in total. The number of hydrogen-bond donors (Lipinski definition) is 1. The maximum atomic E-state index is 10.9. The Bertz CT molecular complexity index is 349. The van der Waals surface area contributed by atoms with Gasteiger partial charge in [0.15, 0.2) is 0 Å². The van der Waals surface area contributed by atoms with E-state index in [1.165, 1.54) is 6.92 Å². The molecule has 0 bridgehead atoms. The topological polar surface area (TPSA) is 55.4 Å². The van der Waals surface area contributed by atoms with E-state index in [4.69, 9.17) is 4.74 Å². The molecule has 0 saturated carbocycles. The number of benzene rings is 1. The highest BCUT2D eigenvalue weighted by Gasteiger charge is 2.03. The summed E-state index contributed by atoms with van der Waals surface area (Å²) in [6.45, 7) is 1.75. The molecule has 1 amide bonds. The van der Waals surface area contributed by atoms with Crippen molar-refractivity contribution in [3.8, 4) is 5.75 Å². The molecular formula is C11H13NO3. The van der Waals surface area contributed by atoms with Crippen molar-refractivity contribution in [3.05, 3.63) is 24.3 Å². The van der Waals surface area contributed by atoms with E-state index in [-0.39, 0.29) is 5.91 Å². The third-order valence-electron chi connectivity index (χ3n) is 1.69. The molecule has 1 aromatic carbocycles. The SMILES string of the molecule is CC(=O)Nc1ccccc1OCCC=O. The van der Waals surface area contributed by atoms with Crippen LogP contribution in [-0.2, 0) is 9.59 Å². The van der Waals surface area contributed by atoms with Crippen molar-refractivity contribution in [3.63, 3.8) is 0 Å². The fourth-order valence-corrected chi connectivity index (χ4v) is 1.10. The maximum Gasteiger partial charge on any atom is 0.221 e. The Balaban J connectivity index is 2.67. The predicted molar refractivity (Wildman–Crippen MR) is 56.9 cm³/mol. The molecule has 15 heavy (non-hydrogen) atoms. The number of carbonyl (C=O) groups excluding carboxylic acids is 2. The molecule has 1 rings (SSSR count). The van der Waals surface area contributed by atoms with Crippen molar-refractivity contribution in [1.29, 1.82) is 0 Å². The second kappa shape index (κ2) is 5.80. The van der Waals surface area contributed by atoms with E-state index in [0.717, 1.165) is 6.29 Å². The molecule has 0 atom stereocenters. The quantitative estimate of drug-likeness (QED) is 0.589. The zero-order chi connectivity index (χ0) is 11.1. The van der Waals surface area contributed by atoms with Crippen molar-refractivity contribution < 1.29 is 14.3 Å². The summed E-state index contributed by atoms with van der Waals surface area (Å²) in [6.07, 6.45) is 1.13. The molecular weight excluding hydrogens is 194 g/mol. The molecule has 0 aliphatic carbocycles. The van der Waals surface area contributed by atoms with Gasteiger partial charge in [0.1, 0.15) is 12.0 Å². The van der Waals surface area contributed by atoms with E-state index in [1.807, 2.05) is 6.07 Å². The number of anilines is 1. The van der Waals surface area contributed by atoms with Gasteiger partial charge >= 0.3 is 0 Å². The number of rotatable bonds is 5. The summed E-state index contributed by atoms with van der Waals surface area (Å²) in [6, 6.07) is 7.10. The number of carbonyl (C=O) groups is 2. The Morgan fingerprint density at radius 2 is 2.20 bits per heavy atom. The minimum Gasteiger partial charge on any atom is -0.491 e. The van der Waals surface area contributed by atoms with E-state index in [1.54, 1.807) is 18.2 Å². The molecule has 1 aromatic rings. The molecule has 4 heteroatoms. The van der Waals surface area contributed by atoms with Gasteiger partial charge in [0.25, 0.3) is 0 Å². The second-order valence-electron chi connectivity index (χ2n) is 2.98. The zero-order valence-corrected chi connectivity index (χ0v) is 8.53. The van der Waals surface area contributed by atoms with Crippen molar-refractivity contribution in [2.24, 2.45) is 0 Å². The Hall–Kier alpha value is -1.84. The average molecular weight is 207 g/mol. The molecule has 0 spiro atoms. The highest BCUT2D eigenvalue weighted by Crippen LogP contribution is 2.23. The molecule has 0 aliphatic heterocycles. The first-order chi connectivity index (χ1) is 7.24. The lowest BCUT2D eigenvalue weighted by Gasteiger charge is -2.10. The molecule has 0 saturated heterocycles. The average Bonchev–Trinajstić information content (AvgIpc) is 2.20. The van der Waals surface area contributed by atoms with Crippen LogP contribution in [-0.4, -0.2) is 18.8 Å². The minimum absolute atomic E-state index is 0.151. The number of amides is 1. The highest BCUT2D eigenvalue weighted by molar-refractivity contribution is 5.90. The molecule has 0 radical (unpaired) electrons. The van der Waals surface area contributed by atoms with Crippen LogP contribution in [0, 0.1) is 0 Å². The van der Waals surface area contributed by atoms with Gasteiger partial charge in [0, 0.05) is 13.3 Å². The normalized spacial score (nSPS) is 9.40. The summed E-state index contributed by atoms with van der Waals surface area (Å²) < 4.78 is 5.33. The van der Waals surface area contributed by atoms with Crippen molar-refractivity contribution in [1.82, 2.24) is 0 Å². The fraction of sp³-hybridized carbons (Fsp3) is 0.273. The van der Waals surface area contributed by atoms with Gasteiger partial charge in [-0.3, -0.25) is 4.79 Å². The lowest BCUT2D eigenvalue weighted by molar-refractivity contribution is -0.114. The summed E-state index contributed by atoms with van der Waals surface area (Å²) in [4.78, 5) is 21.0. The van der Waals surface area contributed by atoms with Crippen LogP contribution < -0.4 is 10.1 Å². The van der Waals surface area contributed by atoms with Gasteiger partial charge in [-0.2, -0.15) is 0 Å². The standard InChI is InChI=1S/C11H13NO3/c1-9(14)12-10-5-2-3-6-11(10)15-8-4-7-13/h2-3,5-7H,4,8H2,1H3,(H,12,14). The molecule has 80 valence electrons. The summed E-state index contributed by atoms with van der Waals surface area (Å²) in [7, 11) is 0. The number of aldehydes is 1. The first kappa shape index (κ1) is 11.2. The van der Waals surface area contributed by atoms with E-state index in [0.29, 0.717) is 24.5 Å². The summed E-state index contributed by atoms with van der Waals surface area (Å²) in [5, 5.41) is 2.65. The largest absolute Gasteiger partial charge is 0.491 e. The molecule has 0 unspecified atom stereocenters. The van der Waals surface area contributed by atoms with Gasteiger partial charge in [-0.1, -0.05) is 12.1 Å². The fourth-order valence-electron chi connectivity index (χ4n) is 1.10. The molecule has 0 heterocycles. The zero-order valence-electron chi connectivity index (χ0n) is 8.53. The van der Waals surface area contributed by atoms with Gasteiger partial charge in [-0.15, -0.1) is 0 Å². The van der Waals surface area contributed by atoms with Crippen LogP contribution in [0.5, 0.6) is 5.75 Å². The van der Waals surface area contributed by atoms with E-state index in [2.05, 4.69) is 5.32 Å². The molecule has 0 aromatic heterocycles. The number of para-hydroxylation sites is 2. The van der Waals surface area contributed by atoms with Crippen molar-refractivity contribution >= 4 is 17.9 Å². The van der Waals surface area contributed by atoms with Crippen molar-refractivity contribution in [2.45, 2.75) is 13.3 Å². The lowest BCUT2D eigenvalue weighted by Crippen LogP contribution is -2.08. The van der Waals surface area contributed by atoms with Crippen LogP contribution in [0.1, 0.15) is 13.3 Å². The van der Waals surface area contributed by atoms with Gasteiger partial charge in [0.05, 0.1) is 12.3 Å². The maximum absolute atomic E-state index is 10.9. The summed E-state index contributed by atoms with van der Waals surface area (Å²) in [5.41, 5.74) is 0.621. The predicted octanol–water partition coefficient (Wildman–Crippen LogP) is 1.61. The third-order valence-corrected chi connectivity index (χ3v) is 1.69. The molecule has 0 fully saturated rings. The molecule has 0 aliphatic rings. The Morgan fingerprint density at radius 3 is 2.87 bits per heavy atom. The molecule has 4 nitrogen and oxygen atoms in total. The third kappa shape index (κ3) is 3.81. The summed E-state index contributed by atoms with van der Waals surface area (Å²) >= 11 is 0. The monoisotopic (exact) mass is 207 g/mol. The number of ether oxygens (including phenoxy) is 1. The van der Waals surface area contributed by atoms with Crippen LogP contribution in [0.15, 0.2) is 24.3 Å². The second-order valence-corrected chi connectivity index (χ2v) is 2.98. The van der Waals surface area contributed by atoms with Gasteiger partial charge in [0.2, 0.25) is 5.91 Å². The van der Waals surface area contributed by atoms with Crippen LogP contribution in [0.2, 0.25) is 0 Å². The van der Waals surface area contributed by atoms with Gasteiger partial charge < -0.3 is 14.8 Å². The van der Waals surface area contributed by atoms with Crippen LogP contribution in [0.4, 0.5) is 5.69 Å². The van der Waals surface area contributed by atoms with Crippen molar-refractivity contribution in [2.75, 3.05) is 11.9 Å². The van der Waals surface area contributed by atoms with Crippen LogP contribution in [0.3, 0.4) is 0 Å². The number of nitrogens with one attached hydrogen (secondary N) is 1. The van der Waals surface area contributed by atoms with Crippen LogP contribution >= 0.6 is 0 Å². The van der Waals surface area contributed by atoms with E-state index in [9.17, 15) is 9.59 Å². The summed E-state index contributed by atoms with van der Waals surface area (Å²) in [5.74, 6) is 0.427. The van der Waals surface area contributed by atoms with Gasteiger partial charge in [-0.05, 0) is 12.1 Å². The number of hydrogen-bond acceptors (Lipinski definition) is 3.